The summed E-state index contributed by atoms with van der Waals surface area (Å²) in [6, 6.07) is 9.44. The molecule has 2 amide bonds. The Hall–Kier alpha value is -3.82. The van der Waals surface area contributed by atoms with Crippen LogP contribution in [0.5, 0.6) is 0 Å². The highest BCUT2D eigenvalue weighted by Gasteiger charge is 2.07. The fraction of sp³-hybridized carbons (Fsp3) is 0.158. The Kier molecular flexibility index (Phi) is 6.46. The minimum absolute atomic E-state index is 0.229. The number of urea groups is 1. The molecule has 4 N–H and O–H groups in total. The first-order chi connectivity index (χ1) is 14.0. The molecule has 0 aliphatic heterocycles. The minimum Gasteiger partial charge on any atom is -0.367 e. The van der Waals surface area contributed by atoms with Gasteiger partial charge in [0.2, 0.25) is 0 Å². The molecule has 10 heteroatoms. The highest BCUT2D eigenvalue weighted by molar-refractivity contribution is 5.89. The van der Waals surface area contributed by atoms with E-state index in [0.29, 0.717) is 24.0 Å². The fourth-order valence-corrected chi connectivity index (χ4v) is 2.36. The lowest BCUT2D eigenvalue weighted by Gasteiger charge is -2.10. The first-order valence-corrected chi connectivity index (χ1v) is 8.77. The summed E-state index contributed by atoms with van der Waals surface area (Å²) in [6.45, 7) is 2.56. The zero-order chi connectivity index (χ0) is 20.6. The summed E-state index contributed by atoms with van der Waals surface area (Å²) in [6.07, 6.45) is 1.70. The lowest BCUT2D eigenvalue weighted by Crippen LogP contribution is -2.33. The summed E-state index contributed by atoms with van der Waals surface area (Å²) in [7, 11) is 0. The van der Waals surface area contributed by atoms with E-state index in [4.69, 9.17) is 0 Å². The minimum atomic E-state index is -0.718. The maximum atomic E-state index is 13.5. The molecule has 0 spiro atoms. The van der Waals surface area contributed by atoms with Crippen LogP contribution in [0.25, 0.3) is 0 Å². The predicted molar refractivity (Wildman–Crippen MR) is 106 cm³/mol. The van der Waals surface area contributed by atoms with E-state index in [-0.39, 0.29) is 12.2 Å². The number of aryl methyl sites for hydroxylation is 1. The molecule has 0 radical (unpaired) electrons. The van der Waals surface area contributed by atoms with Crippen molar-refractivity contribution < 1.29 is 13.6 Å². The van der Waals surface area contributed by atoms with Crippen LogP contribution in [0.15, 0.2) is 48.7 Å². The van der Waals surface area contributed by atoms with E-state index in [9.17, 15) is 13.6 Å². The number of nitrogens with one attached hydrogen (secondary N) is 4. The summed E-state index contributed by atoms with van der Waals surface area (Å²) >= 11 is 0. The van der Waals surface area contributed by atoms with Gasteiger partial charge >= 0.3 is 6.03 Å². The number of nitrogens with zero attached hydrogens (tertiary/aromatic N) is 3. The van der Waals surface area contributed by atoms with E-state index in [0.717, 1.165) is 23.8 Å². The van der Waals surface area contributed by atoms with Crippen molar-refractivity contribution in [2.75, 3.05) is 29.0 Å². The third-order valence-corrected chi connectivity index (χ3v) is 3.73. The monoisotopic (exact) mass is 399 g/mol. The molecular weight excluding hydrogens is 380 g/mol. The number of benzene rings is 1. The smallest absolute Gasteiger partial charge is 0.319 e. The maximum absolute atomic E-state index is 13.5. The molecule has 8 nitrogen and oxygen atoms in total. The zero-order valence-corrected chi connectivity index (χ0v) is 15.5. The van der Waals surface area contributed by atoms with Crippen LogP contribution in [0.1, 0.15) is 5.56 Å². The maximum Gasteiger partial charge on any atom is 0.319 e. The van der Waals surface area contributed by atoms with Gasteiger partial charge < -0.3 is 21.3 Å². The van der Waals surface area contributed by atoms with Crippen LogP contribution in [-0.2, 0) is 0 Å². The highest BCUT2D eigenvalue weighted by Crippen LogP contribution is 2.15. The van der Waals surface area contributed by atoms with Crippen LogP contribution in [0, 0.1) is 18.6 Å². The van der Waals surface area contributed by atoms with Gasteiger partial charge in [0.1, 0.15) is 23.3 Å². The molecule has 0 aliphatic rings. The quantitative estimate of drug-likeness (QED) is 0.454. The number of anilines is 4. The number of carbonyl (C=O) groups is 1. The van der Waals surface area contributed by atoms with Gasteiger partial charge in [-0.1, -0.05) is 0 Å². The second-order valence-corrected chi connectivity index (χ2v) is 6.08. The number of amides is 2. The molecule has 150 valence electrons. The van der Waals surface area contributed by atoms with Crippen molar-refractivity contribution in [3.8, 4) is 0 Å². The molecule has 0 fully saturated rings. The number of rotatable bonds is 7. The van der Waals surface area contributed by atoms with Crippen molar-refractivity contribution in [2.45, 2.75) is 6.92 Å². The Balaban J connectivity index is 1.41. The standard InChI is InChI=1S/C19H19F2N7O/c1-12-6-7-22-18(10-12)26-17-5-4-16(27-28-17)23-8-9-24-19(29)25-15-11-13(20)2-3-14(15)21/h2-7,10-11H,8-9H2,1H3,(H,23,27)(H,22,26,28)(H2,24,25,29). The number of hydrogen-bond acceptors (Lipinski definition) is 6. The van der Waals surface area contributed by atoms with Crippen LogP contribution in [0.4, 0.5) is 36.7 Å². The second-order valence-electron chi connectivity index (χ2n) is 6.08. The number of hydrogen-bond donors (Lipinski definition) is 4. The summed E-state index contributed by atoms with van der Waals surface area (Å²) in [5.74, 6) is 0.377. The normalized spacial score (nSPS) is 10.3. The molecule has 0 saturated heterocycles. The molecule has 0 saturated carbocycles. The summed E-state index contributed by atoms with van der Waals surface area (Å²) in [5.41, 5.74) is 0.845. The van der Waals surface area contributed by atoms with Crippen LogP contribution < -0.4 is 21.3 Å². The van der Waals surface area contributed by atoms with Crippen molar-refractivity contribution in [3.05, 3.63) is 65.9 Å². The van der Waals surface area contributed by atoms with Gasteiger partial charge in [0.15, 0.2) is 5.82 Å². The molecular formula is C19H19F2N7O. The van der Waals surface area contributed by atoms with Crippen LogP contribution in [0.2, 0.25) is 0 Å². The third-order valence-electron chi connectivity index (χ3n) is 3.73. The Bertz CT molecular complexity index is 983. The highest BCUT2D eigenvalue weighted by atomic mass is 19.1. The Morgan fingerprint density at radius 3 is 2.52 bits per heavy atom. The Morgan fingerprint density at radius 2 is 1.76 bits per heavy atom. The summed E-state index contributed by atoms with van der Waals surface area (Å²) in [5, 5.41) is 18.9. The van der Waals surface area contributed by atoms with Crippen molar-refractivity contribution in [3.63, 3.8) is 0 Å². The molecule has 0 bridgehead atoms. The Labute approximate surface area is 165 Å². The zero-order valence-electron chi connectivity index (χ0n) is 15.5. The van der Waals surface area contributed by atoms with Crippen LogP contribution in [-0.4, -0.2) is 34.3 Å². The molecule has 3 rings (SSSR count). The van der Waals surface area contributed by atoms with E-state index < -0.39 is 17.7 Å². The van der Waals surface area contributed by atoms with Crippen LogP contribution >= 0.6 is 0 Å². The van der Waals surface area contributed by atoms with Crippen molar-refractivity contribution >= 4 is 29.2 Å². The number of carbonyl (C=O) groups excluding carboxylic acids is 1. The van der Waals surface area contributed by atoms with Gasteiger partial charge in [-0.3, -0.25) is 0 Å². The summed E-state index contributed by atoms with van der Waals surface area (Å²) < 4.78 is 26.6. The lowest BCUT2D eigenvalue weighted by molar-refractivity contribution is 0.252. The van der Waals surface area contributed by atoms with Crippen molar-refractivity contribution in [1.82, 2.24) is 20.5 Å². The van der Waals surface area contributed by atoms with Gasteiger partial charge in [-0.15, -0.1) is 10.2 Å². The number of halogens is 2. The van der Waals surface area contributed by atoms with Crippen molar-refractivity contribution in [2.24, 2.45) is 0 Å². The predicted octanol–water partition coefficient (Wildman–Crippen LogP) is 3.44. The van der Waals surface area contributed by atoms with E-state index in [2.05, 4.69) is 36.4 Å². The average Bonchev–Trinajstić information content (AvgIpc) is 2.69. The van der Waals surface area contributed by atoms with E-state index >= 15 is 0 Å². The molecule has 3 aromatic rings. The van der Waals surface area contributed by atoms with E-state index in [1.165, 1.54) is 0 Å². The molecule has 1 aromatic carbocycles. The lowest BCUT2D eigenvalue weighted by atomic mass is 10.3. The SMILES string of the molecule is Cc1ccnc(Nc2ccc(NCCNC(=O)Nc3cc(F)ccc3F)nn2)c1. The molecule has 2 heterocycles. The van der Waals surface area contributed by atoms with Crippen molar-refractivity contribution in [1.29, 1.82) is 0 Å². The van der Waals surface area contributed by atoms with Gasteiger partial charge in [-0.2, -0.15) is 0 Å². The average molecular weight is 399 g/mol. The Morgan fingerprint density at radius 1 is 0.966 bits per heavy atom. The fourth-order valence-electron chi connectivity index (χ4n) is 2.36. The molecule has 29 heavy (non-hydrogen) atoms. The first-order valence-electron chi connectivity index (χ1n) is 8.77. The van der Waals surface area contributed by atoms with E-state index in [1.54, 1.807) is 18.3 Å². The third kappa shape index (κ3) is 6.09. The van der Waals surface area contributed by atoms with Crippen LogP contribution in [0.3, 0.4) is 0 Å². The second kappa shape index (κ2) is 9.40. The largest absolute Gasteiger partial charge is 0.367 e. The van der Waals surface area contributed by atoms with Gasteiger partial charge in [0, 0.05) is 25.4 Å². The first kappa shape index (κ1) is 19.9. The van der Waals surface area contributed by atoms with Gasteiger partial charge in [-0.05, 0) is 48.9 Å². The van der Waals surface area contributed by atoms with E-state index in [1.807, 2.05) is 19.1 Å². The van der Waals surface area contributed by atoms with Gasteiger partial charge in [0.05, 0.1) is 5.69 Å². The molecule has 2 aromatic heterocycles. The topological polar surface area (TPSA) is 104 Å². The molecule has 0 unspecified atom stereocenters. The van der Waals surface area contributed by atoms with Gasteiger partial charge in [-0.25, -0.2) is 18.6 Å². The molecule has 0 atom stereocenters. The number of pyridine rings is 1. The molecule has 0 aliphatic carbocycles. The summed E-state index contributed by atoms with van der Waals surface area (Å²) in [4.78, 5) is 15.9. The number of aromatic nitrogens is 3. The van der Waals surface area contributed by atoms with Gasteiger partial charge in [0.25, 0.3) is 0 Å².